The second-order valence-electron chi connectivity index (χ2n) is 5.44. The van der Waals surface area contributed by atoms with Crippen LogP contribution in [0.4, 0.5) is 4.79 Å². The Bertz CT molecular complexity index is 626. The van der Waals surface area contributed by atoms with Gasteiger partial charge in [-0.15, -0.1) is 0 Å². The number of benzene rings is 1. The number of carbonyl (C=O) groups excluding carboxylic acids is 1. The maximum absolute atomic E-state index is 12.1. The van der Waals surface area contributed by atoms with Crippen LogP contribution in [0.2, 0.25) is 0 Å². The Labute approximate surface area is 129 Å². The number of amides is 2. The van der Waals surface area contributed by atoms with Crippen LogP contribution in [0.1, 0.15) is 12.8 Å². The highest BCUT2D eigenvalue weighted by Crippen LogP contribution is 2.19. The summed E-state index contributed by atoms with van der Waals surface area (Å²) in [5, 5.41) is 6.17. The van der Waals surface area contributed by atoms with Crippen LogP contribution in [-0.4, -0.2) is 41.6 Å². The number of oxazole rings is 1. The summed E-state index contributed by atoms with van der Waals surface area (Å²) in [6.45, 7) is 4.62. The molecular formula is C16H20N4O2. The molecule has 1 saturated heterocycles. The van der Waals surface area contributed by atoms with Gasteiger partial charge in [-0.05, 0) is 6.92 Å². The van der Waals surface area contributed by atoms with Gasteiger partial charge in [-0.1, -0.05) is 30.3 Å². The number of hydrogen-bond acceptors (Lipinski definition) is 4. The highest BCUT2D eigenvalue weighted by molar-refractivity contribution is 5.74. The van der Waals surface area contributed by atoms with E-state index >= 15 is 0 Å². The molecule has 1 aromatic carbocycles. The number of aromatic nitrogens is 1. The predicted molar refractivity (Wildman–Crippen MR) is 83.2 cm³/mol. The molecular weight excluding hydrogens is 280 g/mol. The topological polar surface area (TPSA) is 70.4 Å². The van der Waals surface area contributed by atoms with Gasteiger partial charge in [0.1, 0.15) is 0 Å². The molecule has 2 heterocycles. The molecule has 22 heavy (non-hydrogen) atoms. The van der Waals surface area contributed by atoms with Gasteiger partial charge in [0.25, 0.3) is 0 Å². The molecule has 1 aliphatic rings. The van der Waals surface area contributed by atoms with Gasteiger partial charge in [0.2, 0.25) is 5.89 Å². The van der Waals surface area contributed by atoms with Crippen molar-refractivity contribution in [2.24, 2.45) is 0 Å². The maximum atomic E-state index is 12.1. The molecule has 1 aliphatic heterocycles. The van der Waals surface area contributed by atoms with Crippen LogP contribution < -0.4 is 10.6 Å². The SMILES string of the molecule is C[C@H]1CN(C(=O)NCc2ncc(-c3ccccc3)o2)CCN1. The lowest BCUT2D eigenvalue weighted by Crippen LogP contribution is -2.53. The quantitative estimate of drug-likeness (QED) is 0.907. The molecule has 2 amide bonds. The molecule has 6 heteroatoms. The van der Waals surface area contributed by atoms with Crippen LogP contribution in [0.15, 0.2) is 40.9 Å². The molecule has 1 atom stereocenters. The van der Waals surface area contributed by atoms with Crippen LogP contribution in [0, 0.1) is 0 Å². The van der Waals surface area contributed by atoms with Crippen LogP contribution in [0.3, 0.4) is 0 Å². The molecule has 1 fully saturated rings. The van der Waals surface area contributed by atoms with E-state index in [2.05, 4.69) is 22.5 Å². The molecule has 2 N–H and O–H groups in total. The summed E-state index contributed by atoms with van der Waals surface area (Å²) in [7, 11) is 0. The molecule has 0 unspecified atom stereocenters. The van der Waals surface area contributed by atoms with Crippen molar-refractivity contribution in [2.75, 3.05) is 19.6 Å². The Morgan fingerprint density at radius 3 is 3.05 bits per heavy atom. The Morgan fingerprint density at radius 1 is 1.45 bits per heavy atom. The molecule has 0 spiro atoms. The number of nitrogens with zero attached hydrogens (tertiary/aromatic N) is 2. The number of rotatable bonds is 3. The first kappa shape index (κ1) is 14.6. The second kappa shape index (κ2) is 6.62. The lowest BCUT2D eigenvalue weighted by molar-refractivity contribution is 0.178. The van der Waals surface area contributed by atoms with Crippen molar-refractivity contribution in [1.82, 2.24) is 20.5 Å². The molecule has 0 saturated carbocycles. The van der Waals surface area contributed by atoms with E-state index in [1.54, 1.807) is 6.20 Å². The Hall–Kier alpha value is -2.34. The summed E-state index contributed by atoms with van der Waals surface area (Å²) < 4.78 is 5.67. The smallest absolute Gasteiger partial charge is 0.317 e. The van der Waals surface area contributed by atoms with E-state index in [0.29, 0.717) is 30.8 Å². The summed E-state index contributed by atoms with van der Waals surface area (Å²) in [5.74, 6) is 1.22. The first-order chi connectivity index (χ1) is 10.7. The molecule has 1 aromatic heterocycles. The number of piperazine rings is 1. The fraction of sp³-hybridized carbons (Fsp3) is 0.375. The molecule has 6 nitrogen and oxygen atoms in total. The van der Waals surface area contributed by atoms with Gasteiger partial charge in [0.05, 0.1) is 12.7 Å². The molecule has 0 aliphatic carbocycles. The van der Waals surface area contributed by atoms with Crippen LogP contribution in [0.25, 0.3) is 11.3 Å². The molecule has 0 bridgehead atoms. The normalized spacial score (nSPS) is 18.2. The minimum Gasteiger partial charge on any atom is -0.439 e. The van der Waals surface area contributed by atoms with Crippen molar-refractivity contribution in [1.29, 1.82) is 0 Å². The van der Waals surface area contributed by atoms with Gasteiger partial charge in [-0.25, -0.2) is 9.78 Å². The third-order valence-electron chi connectivity index (χ3n) is 3.66. The van der Waals surface area contributed by atoms with Gasteiger partial charge < -0.3 is 20.0 Å². The minimum atomic E-state index is -0.0761. The van der Waals surface area contributed by atoms with E-state index in [0.717, 1.165) is 18.7 Å². The Balaban J connectivity index is 1.56. The van der Waals surface area contributed by atoms with Gasteiger partial charge in [0.15, 0.2) is 5.76 Å². The monoisotopic (exact) mass is 300 g/mol. The number of nitrogens with one attached hydrogen (secondary N) is 2. The van der Waals surface area contributed by atoms with Crippen molar-refractivity contribution in [3.05, 3.63) is 42.4 Å². The van der Waals surface area contributed by atoms with E-state index in [9.17, 15) is 4.79 Å². The number of urea groups is 1. The maximum Gasteiger partial charge on any atom is 0.317 e. The van der Waals surface area contributed by atoms with Crippen molar-refractivity contribution >= 4 is 6.03 Å². The van der Waals surface area contributed by atoms with Crippen LogP contribution in [0.5, 0.6) is 0 Å². The highest BCUT2D eigenvalue weighted by Gasteiger charge is 2.20. The zero-order valence-electron chi connectivity index (χ0n) is 12.6. The van der Waals surface area contributed by atoms with E-state index < -0.39 is 0 Å². The minimum absolute atomic E-state index is 0.0761. The summed E-state index contributed by atoms with van der Waals surface area (Å²) in [4.78, 5) is 18.1. The first-order valence-corrected chi connectivity index (χ1v) is 7.48. The van der Waals surface area contributed by atoms with Gasteiger partial charge >= 0.3 is 6.03 Å². The van der Waals surface area contributed by atoms with E-state index in [1.165, 1.54) is 0 Å². The molecule has 3 rings (SSSR count). The zero-order chi connectivity index (χ0) is 15.4. The van der Waals surface area contributed by atoms with E-state index in [-0.39, 0.29) is 6.03 Å². The molecule has 116 valence electrons. The summed E-state index contributed by atoms with van der Waals surface area (Å²) in [6.07, 6.45) is 1.68. The summed E-state index contributed by atoms with van der Waals surface area (Å²) in [5.41, 5.74) is 0.975. The predicted octanol–water partition coefficient (Wildman–Crippen LogP) is 1.84. The Kier molecular flexibility index (Phi) is 4.39. The standard InChI is InChI=1S/C16H20N4O2/c1-12-11-20(8-7-17-12)16(21)19-10-15-18-9-14(22-15)13-5-3-2-4-6-13/h2-6,9,12,17H,7-8,10-11H2,1H3,(H,19,21)/t12-/m0/s1. The van der Waals surface area contributed by atoms with Gasteiger partial charge in [0, 0.05) is 31.2 Å². The van der Waals surface area contributed by atoms with E-state index in [1.807, 2.05) is 35.2 Å². The molecule has 2 aromatic rings. The average molecular weight is 300 g/mol. The second-order valence-corrected chi connectivity index (χ2v) is 5.44. The molecule has 0 radical (unpaired) electrons. The van der Waals surface area contributed by atoms with Crippen LogP contribution >= 0.6 is 0 Å². The highest BCUT2D eigenvalue weighted by atomic mass is 16.4. The van der Waals surface area contributed by atoms with Crippen molar-refractivity contribution in [2.45, 2.75) is 19.5 Å². The largest absolute Gasteiger partial charge is 0.439 e. The summed E-state index contributed by atoms with van der Waals surface area (Å²) in [6, 6.07) is 10.0. The number of carbonyl (C=O) groups is 1. The van der Waals surface area contributed by atoms with E-state index in [4.69, 9.17) is 4.42 Å². The van der Waals surface area contributed by atoms with Crippen molar-refractivity contribution < 1.29 is 9.21 Å². The van der Waals surface area contributed by atoms with Crippen molar-refractivity contribution in [3.63, 3.8) is 0 Å². The summed E-state index contributed by atoms with van der Waals surface area (Å²) >= 11 is 0. The van der Waals surface area contributed by atoms with Gasteiger partial charge in [-0.2, -0.15) is 0 Å². The third-order valence-corrected chi connectivity index (χ3v) is 3.66. The fourth-order valence-electron chi connectivity index (χ4n) is 2.51. The van der Waals surface area contributed by atoms with Crippen molar-refractivity contribution in [3.8, 4) is 11.3 Å². The zero-order valence-corrected chi connectivity index (χ0v) is 12.6. The lowest BCUT2D eigenvalue weighted by Gasteiger charge is -2.31. The van der Waals surface area contributed by atoms with Crippen LogP contribution in [-0.2, 0) is 6.54 Å². The number of hydrogen-bond donors (Lipinski definition) is 2. The van der Waals surface area contributed by atoms with Gasteiger partial charge in [-0.3, -0.25) is 0 Å². The first-order valence-electron chi connectivity index (χ1n) is 7.48. The lowest BCUT2D eigenvalue weighted by atomic mass is 10.2. The Morgan fingerprint density at radius 2 is 2.27 bits per heavy atom. The average Bonchev–Trinajstić information content (AvgIpc) is 3.02. The fourth-order valence-corrected chi connectivity index (χ4v) is 2.51. The third kappa shape index (κ3) is 3.46.